The number of ether oxygens (including phenoxy) is 2. The Balaban J connectivity index is 2.40. The monoisotopic (exact) mass is 329 g/mol. The number of azo groups is 1. The molecule has 0 saturated heterocycles. The Kier molecular flexibility index (Phi) is 5.40. The molecule has 0 aliphatic heterocycles. The molecule has 124 valence electrons. The molecule has 0 aliphatic rings. The van der Waals surface area contributed by atoms with E-state index >= 15 is 0 Å². The van der Waals surface area contributed by atoms with Gasteiger partial charge in [0.1, 0.15) is 5.69 Å². The number of amides is 1. The highest BCUT2D eigenvalue weighted by Gasteiger charge is 2.15. The van der Waals surface area contributed by atoms with E-state index < -0.39 is 6.16 Å². The number of anilines is 2. The molecule has 1 aromatic heterocycles. The highest BCUT2D eigenvalue weighted by molar-refractivity contribution is 5.91. The number of carbonyl (C=O) groups is 2. The highest BCUT2D eigenvalue weighted by Crippen LogP contribution is 2.33. The number of methoxy groups -OCH3 is 1. The van der Waals surface area contributed by atoms with Crippen LogP contribution in [0.15, 0.2) is 46.6 Å². The van der Waals surface area contributed by atoms with Crippen LogP contribution in [0.1, 0.15) is 6.92 Å². The van der Waals surface area contributed by atoms with Crippen LogP contribution in [0.5, 0.6) is 5.75 Å². The van der Waals surface area contributed by atoms with Gasteiger partial charge < -0.3 is 20.5 Å². The van der Waals surface area contributed by atoms with Gasteiger partial charge in [-0.15, -0.1) is 5.11 Å². The van der Waals surface area contributed by atoms with Gasteiger partial charge in [0, 0.05) is 13.0 Å². The van der Waals surface area contributed by atoms with Gasteiger partial charge >= 0.3 is 6.16 Å². The number of nitrogens with two attached hydrogens (primary N) is 1. The van der Waals surface area contributed by atoms with Gasteiger partial charge in [-0.1, -0.05) is 18.2 Å². The van der Waals surface area contributed by atoms with Crippen molar-refractivity contribution in [1.29, 1.82) is 0 Å². The molecular weight excluding hydrogens is 314 g/mol. The van der Waals surface area contributed by atoms with E-state index in [1.165, 1.54) is 13.0 Å². The Morgan fingerprint density at radius 3 is 2.54 bits per heavy atom. The molecule has 0 aliphatic carbocycles. The first-order chi connectivity index (χ1) is 11.5. The zero-order valence-electron chi connectivity index (χ0n) is 13.0. The fourth-order valence-electron chi connectivity index (χ4n) is 1.65. The topological polar surface area (TPSA) is 128 Å². The lowest BCUT2D eigenvalue weighted by Gasteiger charge is -2.10. The highest BCUT2D eigenvalue weighted by atomic mass is 16.7. The maximum atomic E-state index is 11.3. The second-order valence-electron chi connectivity index (χ2n) is 4.51. The zero-order chi connectivity index (χ0) is 17.5. The molecule has 2 aromatic rings. The van der Waals surface area contributed by atoms with Crippen molar-refractivity contribution in [3.63, 3.8) is 0 Å². The predicted molar refractivity (Wildman–Crippen MR) is 86.6 cm³/mol. The SMILES string of the molecule is COC(=O)Oc1cc(/N=N/c2ccccc2)c(NC(C)=O)nc1N. The summed E-state index contributed by atoms with van der Waals surface area (Å²) in [5.41, 5.74) is 6.47. The average molecular weight is 329 g/mol. The summed E-state index contributed by atoms with van der Waals surface area (Å²) in [7, 11) is 1.16. The first-order valence-electron chi connectivity index (χ1n) is 6.80. The van der Waals surface area contributed by atoms with Gasteiger partial charge in [-0.3, -0.25) is 4.79 Å². The minimum Gasteiger partial charge on any atom is -0.437 e. The molecule has 9 heteroatoms. The van der Waals surface area contributed by atoms with Crippen molar-refractivity contribution in [2.75, 3.05) is 18.2 Å². The molecule has 0 spiro atoms. The minimum absolute atomic E-state index is 0.0574. The van der Waals surface area contributed by atoms with Gasteiger partial charge in [0.2, 0.25) is 5.91 Å². The molecule has 24 heavy (non-hydrogen) atoms. The van der Waals surface area contributed by atoms with Crippen LogP contribution in [0.25, 0.3) is 0 Å². The summed E-state index contributed by atoms with van der Waals surface area (Å²) in [6, 6.07) is 10.3. The summed E-state index contributed by atoms with van der Waals surface area (Å²) >= 11 is 0. The third-order valence-corrected chi connectivity index (χ3v) is 2.68. The molecule has 2 rings (SSSR count). The Morgan fingerprint density at radius 2 is 1.92 bits per heavy atom. The Labute approximate surface area is 137 Å². The molecule has 0 saturated carbocycles. The van der Waals surface area contributed by atoms with Crippen LogP contribution >= 0.6 is 0 Å². The van der Waals surface area contributed by atoms with Gasteiger partial charge in [0.15, 0.2) is 17.4 Å². The lowest BCUT2D eigenvalue weighted by molar-refractivity contribution is -0.114. The van der Waals surface area contributed by atoms with Crippen LogP contribution in [0.4, 0.5) is 27.8 Å². The van der Waals surface area contributed by atoms with E-state index in [0.29, 0.717) is 5.69 Å². The second kappa shape index (κ2) is 7.68. The molecule has 0 bridgehead atoms. The van der Waals surface area contributed by atoms with Crippen LogP contribution in [0.3, 0.4) is 0 Å². The Morgan fingerprint density at radius 1 is 1.21 bits per heavy atom. The van der Waals surface area contributed by atoms with Gasteiger partial charge in [-0.2, -0.15) is 5.11 Å². The summed E-state index contributed by atoms with van der Waals surface area (Å²) in [6.07, 6.45) is -0.957. The van der Waals surface area contributed by atoms with E-state index in [4.69, 9.17) is 10.5 Å². The fourth-order valence-corrected chi connectivity index (χ4v) is 1.65. The Hall–Kier alpha value is -3.49. The summed E-state index contributed by atoms with van der Waals surface area (Å²) in [5, 5.41) is 10.5. The second-order valence-corrected chi connectivity index (χ2v) is 4.51. The lowest BCUT2D eigenvalue weighted by Crippen LogP contribution is -2.12. The van der Waals surface area contributed by atoms with Crippen molar-refractivity contribution >= 4 is 35.1 Å². The number of pyridine rings is 1. The van der Waals surface area contributed by atoms with Crippen molar-refractivity contribution < 1.29 is 19.1 Å². The number of hydrogen-bond acceptors (Lipinski definition) is 8. The van der Waals surface area contributed by atoms with Gasteiger partial charge in [-0.25, -0.2) is 9.78 Å². The number of aromatic nitrogens is 1. The number of nitrogens with zero attached hydrogens (tertiary/aromatic N) is 3. The van der Waals surface area contributed by atoms with E-state index in [2.05, 4.69) is 25.3 Å². The van der Waals surface area contributed by atoms with E-state index in [9.17, 15) is 9.59 Å². The average Bonchev–Trinajstić information content (AvgIpc) is 2.56. The first kappa shape index (κ1) is 16.9. The normalized spacial score (nSPS) is 10.4. The first-order valence-corrected chi connectivity index (χ1v) is 6.80. The number of carbonyl (C=O) groups excluding carboxylic acids is 2. The van der Waals surface area contributed by atoms with Crippen molar-refractivity contribution in [3.8, 4) is 5.75 Å². The van der Waals surface area contributed by atoms with Crippen LogP contribution in [0, 0.1) is 0 Å². The number of rotatable bonds is 4. The maximum absolute atomic E-state index is 11.3. The van der Waals surface area contributed by atoms with Gasteiger partial charge in [-0.05, 0) is 12.1 Å². The molecule has 1 aromatic carbocycles. The molecule has 1 amide bonds. The van der Waals surface area contributed by atoms with Crippen LogP contribution in [-0.4, -0.2) is 24.2 Å². The maximum Gasteiger partial charge on any atom is 0.513 e. The molecule has 0 fully saturated rings. The number of hydrogen-bond donors (Lipinski definition) is 2. The molecule has 3 N–H and O–H groups in total. The molecule has 9 nitrogen and oxygen atoms in total. The molecule has 0 radical (unpaired) electrons. The summed E-state index contributed by atoms with van der Waals surface area (Å²) in [5.74, 6) is -0.433. The van der Waals surface area contributed by atoms with E-state index in [-0.39, 0.29) is 29.0 Å². The minimum atomic E-state index is -0.957. The predicted octanol–water partition coefficient (Wildman–Crippen LogP) is 3.18. The summed E-state index contributed by atoms with van der Waals surface area (Å²) in [6.45, 7) is 1.31. The van der Waals surface area contributed by atoms with Crippen LogP contribution in [-0.2, 0) is 9.53 Å². The zero-order valence-corrected chi connectivity index (χ0v) is 13.0. The van der Waals surface area contributed by atoms with E-state index in [0.717, 1.165) is 7.11 Å². The largest absolute Gasteiger partial charge is 0.513 e. The lowest BCUT2D eigenvalue weighted by atomic mass is 10.3. The quantitative estimate of drug-likeness (QED) is 0.654. The molecule has 0 atom stereocenters. The summed E-state index contributed by atoms with van der Waals surface area (Å²) < 4.78 is 9.29. The standard InChI is InChI=1S/C15H15N5O4/c1-9(21)17-14-11(20-19-10-6-4-3-5-7-10)8-12(13(16)18-14)24-15(22)23-2/h3-8H,1-2H3,(H3,16,17,18,21)/b20-19+. The van der Waals surface area contributed by atoms with Crippen molar-refractivity contribution in [2.45, 2.75) is 6.92 Å². The number of benzene rings is 1. The molecular formula is C15H15N5O4. The van der Waals surface area contributed by atoms with Crippen molar-refractivity contribution in [3.05, 3.63) is 36.4 Å². The van der Waals surface area contributed by atoms with Crippen LogP contribution < -0.4 is 15.8 Å². The van der Waals surface area contributed by atoms with Gasteiger partial charge in [0.25, 0.3) is 0 Å². The van der Waals surface area contributed by atoms with E-state index in [1.54, 1.807) is 24.3 Å². The summed E-state index contributed by atoms with van der Waals surface area (Å²) in [4.78, 5) is 26.5. The molecule has 1 heterocycles. The third kappa shape index (κ3) is 4.50. The molecule has 0 unspecified atom stereocenters. The fraction of sp³-hybridized carbons (Fsp3) is 0.133. The van der Waals surface area contributed by atoms with Gasteiger partial charge in [0.05, 0.1) is 12.8 Å². The Bertz CT molecular complexity index is 777. The third-order valence-electron chi connectivity index (χ3n) is 2.68. The smallest absolute Gasteiger partial charge is 0.437 e. The van der Waals surface area contributed by atoms with Crippen molar-refractivity contribution in [2.24, 2.45) is 10.2 Å². The number of nitrogens with one attached hydrogen (secondary N) is 1. The van der Waals surface area contributed by atoms with E-state index in [1.807, 2.05) is 6.07 Å². The van der Waals surface area contributed by atoms with Crippen LogP contribution in [0.2, 0.25) is 0 Å². The van der Waals surface area contributed by atoms with Crippen molar-refractivity contribution in [1.82, 2.24) is 4.98 Å². The number of nitrogen functional groups attached to an aromatic ring is 1.